The van der Waals surface area contributed by atoms with Gasteiger partial charge in [-0.1, -0.05) is 13.8 Å². The fraction of sp³-hybridized carbons (Fsp3) is 0.833. The van der Waals surface area contributed by atoms with Gasteiger partial charge in [-0.25, -0.2) is 0 Å². The molecule has 0 aliphatic heterocycles. The van der Waals surface area contributed by atoms with Crippen molar-refractivity contribution in [3.8, 4) is 0 Å². The Balaban J connectivity index is 3.97. The average molecular weight is 260 g/mol. The molecule has 1 amide bonds. The lowest BCUT2D eigenvalue weighted by Gasteiger charge is -2.19. The Morgan fingerprint density at radius 2 is 2.00 bits per heavy atom. The Labute approximate surface area is 108 Å². The highest BCUT2D eigenvalue weighted by molar-refractivity contribution is 5.78. The van der Waals surface area contributed by atoms with E-state index in [9.17, 15) is 9.59 Å². The van der Waals surface area contributed by atoms with Crippen LogP contribution in [0.4, 0.5) is 0 Å². The zero-order valence-corrected chi connectivity index (χ0v) is 11.4. The van der Waals surface area contributed by atoms with E-state index >= 15 is 0 Å². The van der Waals surface area contributed by atoms with Crippen LogP contribution in [0.25, 0.3) is 0 Å². The van der Waals surface area contributed by atoms with Gasteiger partial charge >= 0.3 is 5.97 Å². The van der Waals surface area contributed by atoms with Crippen LogP contribution in [0.2, 0.25) is 0 Å². The van der Waals surface area contributed by atoms with E-state index in [4.69, 9.17) is 9.84 Å². The molecule has 0 radical (unpaired) electrons. The molecule has 0 saturated carbocycles. The lowest BCUT2D eigenvalue weighted by Crippen LogP contribution is -2.41. The number of carboxylic acids is 1. The van der Waals surface area contributed by atoms with E-state index < -0.39 is 5.97 Å². The van der Waals surface area contributed by atoms with Crippen molar-refractivity contribution in [2.75, 3.05) is 39.9 Å². The summed E-state index contributed by atoms with van der Waals surface area (Å²) in [5.41, 5.74) is 0. The highest BCUT2D eigenvalue weighted by atomic mass is 16.5. The largest absolute Gasteiger partial charge is 0.480 e. The Bertz CT molecular complexity index is 256. The van der Waals surface area contributed by atoms with Crippen LogP contribution in [0, 0.1) is 5.92 Å². The van der Waals surface area contributed by atoms with Gasteiger partial charge in [0.15, 0.2) is 0 Å². The van der Waals surface area contributed by atoms with Gasteiger partial charge in [0.1, 0.15) is 0 Å². The summed E-state index contributed by atoms with van der Waals surface area (Å²) in [6.07, 6.45) is 0.919. The van der Waals surface area contributed by atoms with Crippen LogP contribution in [-0.4, -0.2) is 61.8 Å². The van der Waals surface area contributed by atoms with Crippen LogP contribution in [0.15, 0.2) is 0 Å². The van der Waals surface area contributed by atoms with Crippen molar-refractivity contribution in [2.45, 2.75) is 20.3 Å². The molecule has 2 N–H and O–H groups in total. The quantitative estimate of drug-likeness (QED) is 0.586. The fourth-order valence-corrected chi connectivity index (χ4v) is 1.38. The van der Waals surface area contributed by atoms with Crippen molar-refractivity contribution in [3.63, 3.8) is 0 Å². The number of amides is 1. The van der Waals surface area contributed by atoms with E-state index in [0.717, 1.165) is 6.42 Å². The number of nitrogens with one attached hydrogen (secondary N) is 1. The Kier molecular flexibility index (Phi) is 9.22. The zero-order chi connectivity index (χ0) is 14.0. The van der Waals surface area contributed by atoms with Crippen molar-refractivity contribution >= 4 is 11.9 Å². The summed E-state index contributed by atoms with van der Waals surface area (Å²) in [6, 6.07) is 0. The summed E-state index contributed by atoms with van der Waals surface area (Å²) in [5, 5.41) is 11.5. The van der Waals surface area contributed by atoms with E-state index in [-0.39, 0.29) is 19.0 Å². The predicted molar refractivity (Wildman–Crippen MR) is 68.4 cm³/mol. The normalized spacial score (nSPS) is 10.9. The number of rotatable bonds is 10. The van der Waals surface area contributed by atoms with Gasteiger partial charge in [-0.05, 0) is 12.3 Å². The molecule has 6 nitrogen and oxygen atoms in total. The van der Waals surface area contributed by atoms with Crippen LogP contribution in [0.3, 0.4) is 0 Å². The van der Waals surface area contributed by atoms with Gasteiger partial charge in [-0.15, -0.1) is 0 Å². The third kappa shape index (κ3) is 10.0. The summed E-state index contributed by atoms with van der Waals surface area (Å²) in [7, 11) is 1.54. The molecule has 0 aromatic carbocycles. The molecule has 106 valence electrons. The van der Waals surface area contributed by atoms with E-state index in [2.05, 4.69) is 19.2 Å². The van der Waals surface area contributed by atoms with Crippen molar-refractivity contribution in [1.82, 2.24) is 10.2 Å². The molecular weight excluding hydrogens is 236 g/mol. The fourth-order valence-electron chi connectivity index (χ4n) is 1.38. The van der Waals surface area contributed by atoms with Crippen LogP contribution in [0.5, 0.6) is 0 Å². The number of methoxy groups -OCH3 is 1. The molecule has 0 atom stereocenters. The van der Waals surface area contributed by atoms with E-state index in [1.54, 1.807) is 12.0 Å². The summed E-state index contributed by atoms with van der Waals surface area (Å²) in [5.74, 6) is -0.553. The van der Waals surface area contributed by atoms with Crippen LogP contribution in [0.1, 0.15) is 20.3 Å². The molecule has 0 aliphatic carbocycles. The summed E-state index contributed by atoms with van der Waals surface area (Å²) in [4.78, 5) is 23.8. The maximum atomic E-state index is 11.6. The first-order chi connectivity index (χ1) is 8.45. The minimum Gasteiger partial charge on any atom is -0.480 e. The molecule has 0 rings (SSSR count). The topological polar surface area (TPSA) is 78.9 Å². The molecule has 0 heterocycles. The van der Waals surface area contributed by atoms with Crippen molar-refractivity contribution < 1.29 is 19.4 Å². The average Bonchev–Trinajstić information content (AvgIpc) is 2.24. The number of hydrogen-bond donors (Lipinski definition) is 2. The van der Waals surface area contributed by atoms with Crippen molar-refractivity contribution in [2.24, 2.45) is 5.92 Å². The molecule has 0 spiro atoms. The third-order valence-corrected chi connectivity index (χ3v) is 2.38. The number of nitrogens with zero attached hydrogens (tertiary/aromatic N) is 1. The second-order valence-corrected chi connectivity index (χ2v) is 4.63. The first-order valence-corrected chi connectivity index (χ1v) is 6.15. The standard InChI is InChI=1S/C12H24N2O4/c1-10(2)4-5-13-11(15)8-14(6-7-18-3)9-12(16)17/h10H,4-9H2,1-3H3,(H,13,15)(H,16,17). The van der Waals surface area contributed by atoms with E-state index in [1.807, 2.05) is 0 Å². The second kappa shape index (κ2) is 9.85. The maximum Gasteiger partial charge on any atom is 0.317 e. The molecule has 0 fully saturated rings. The summed E-state index contributed by atoms with van der Waals surface area (Å²) in [6.45, 7) is 5.58. The molecule has 6 heteroatoms. The monoisotopic (exact) mass is 260 g/mol. The van der Waals surface area contributed by atoms with E-state index in [1.165, 1.54) is 0 Å². The third-order valence-electron chi connectivity index (χ3n) is 2.38. The summed E-state index contributed by atoms with van der Waals surface area (Å²) < 4.78 is 4.88. The maximum absolute atomic E-state index is 11.6. The van der Waals surface area contributed by atoms with Crippen molar-refractivity contribution in [1.29, 1.82) is 0 Å². The number of carbonyl (C=O) groups excluding carboxylic acids is 1. The first kappa shape index (κ1) is 16.9. The number of hydrogen-bond acceptors (Lipinski definition) is 4. The Morgan fingerprint density at radius 3 is 2.50 bits per heavy atom. The lowest BCUT2D eigenvalue weighted by molar-refractivity contribution is -0.138. The second-order valence-electron chi connectivity index (χ2n) is 4.63. The first-order valence-electron chi connectivity index (χ1n) is 6.15. The van der Waals surface area contributed by atoms with Gasteiger partial charge in [-0.3, -0.25) is 14.5 Å². The molecule has 0 bridgehead atoms. The lowest BCUT2D eigenvalue weighted by atomic mass is 10.1. The Hall–Kier alpha value is -1.14. The van der Waals surface area contributed by atoms with Crippen LogP contribution < -0.4 is 5.32 Å². The van der Waals surface area contributed by atoms with Gasteiger partial charge in [0.05, 0.1) is 19.7 Å². The van der Waals surface area contributed by atoms with Gasteiger partial charge < -0.3 is 15.2 Å². The molecule has 0 aromatic rings. The molecule has 0 aromatic heterocycles. The SMILES string of the molecule is COCCN(CC(=O)O)CC(=O)NCCC(C)C. The number of aliphatic carboxylic acids is 1. The van der Waals surface area contributed by atoms with Gasteiger partial charge in [-0.2, -0.15) is 0 Å². The van der Waals surface area contributed by atoms with Crippen LogP contribution in [-0.2, 0) is 14.3 Å². The minimum atomic E-state index is -0.943. The number of ether oxygens (including phenoxy) is 1. The highest BCUT2D eigenvalue weighted by Gasteiger charge is 2.13. The van der Waals surface area contributed by atoms with E-state index in [0.29, 0.717) is 25.6 Å². The van der Waals surface area contributed by atoms with Gasteiger partial charge in [0, 0.05) is 20.2 Å². The molecule has 0 unspecified atom stereocenters. The van der Waals surface area contributed by atoms with Crippen molar-refractivity contribution in [3.05, 3.63) is 0 Å². The minimum absolute atomic E-state index is 0.0910. The highest BCUT2D eigenvalue weighted by Crippen LogP contribution is 1.96. The molecule has 18 heavy (non-hydrogen) atoms. The smallest absolute Gasteiger partial charge is 0.317 e. The zero-order valence-electron chi connectivity index (χ0n) is 11.4. The Morgan fingerprint density at radius 1 is 1.33 bits per heavy atom. The van der Waals surface area contributed by atoms with Gasteiger partial charge in [0.25, 0.3) is 0 Å². The predicted octanol–water partition coefficient (Wildman–Crippen LogP) is 0.182. The molecule has 0 aliphatic rings. The summed E-state index contributed by atoms with van der Waals surface area (Å²) >= 11 is 0. The van der Waals surface area contributed by atoms with Gasteiger partial charge in [0.2, 0.25) is 5.91 Å². The number of carbonyl (C=O) groups is 2. The number of carboxylic acid groups (broad SMARTS) is 1. The molecule has 0 saturated heterocycles. The molecular formula is C12H24N2O4. The van der Waals surface area contributed by atoms with Crippen LogP contribution >= 0.6 is 0 Å².